The van der Waals surface area contributed by atoms with Crippen molar-refractivity contribution >= 4 is 98.8 Å². The molecule has 0 aliphatic rings. The third-order valence-corrected chi connectivity index (χ3v) is 11.1. The molecule has 0 fully saturated rings. The highest BCUT2D eigenvalue weighted by Gasteiger charge is 2.21. The zero-order chi connectivity index (χ0) is 38.9. The molecule has 6 aromatic rings. The lowest BCUT2D eigenvalue weighted by Crippen LogP contribution is -1.99. The third-order valence-electron chi connectivity index (χ3n) is 7.83. The fourth-order valence-corrected chi connectivity index (χ4v) is 7.91. The summed E-state index contributed by atoms with van der Waals surface area (Å²) in [6.45, 7) is 0. The molecule has 0 spiro atoms. The van der Waals surface area contributed by atoms with Gasteiger partial charge in [0.15, 0.2) is 33.7 Å². The largest absolute Gasteiger partial charge is 0.505 e. The summed E-state index contributed by atoms with van der Waals surface area (Å²) in [7, 11) is -9.44. The normalized spacial score (nSPS) is 13.8. The Balaban J connectivity index is 1.30. The van der Waals surface area contributed by atoms with Crippen LogP contribution in [0.15, 0.2) is 137 Å². The van der Waals surface area contributed by atoms with Crippen LogP contribution in [0.3, 0.4) is 0 Å². The summed E-state index contributed by atoms with van der Waals surface area (Å²) in [6, 6.07) is 21.6. The topological polar surface area (TPSA) is 273 Å². The maximum Gasteiger partial charge on any atom is 0.295 e. The first-order valence-electron chi connectivity index (χ1n) is 15.0. The first kappa shape index (κ1) is 38.2. The first-order valence-corrected chi connectivity index (χ1v) is 20.1. The fourth-order valence-electron chi connectivity index (χ4n) is 5.36. The second kappa shape index (κ2) is 15.0. The number of rotatable bonds is 10. The van der Waals surface area contributed by atoms with Crippen LogP contribution in [0.5, 0.6) is 11.5 Å². The number of hydrogen-bond acceptors (Lipinski definition) is 12. The molecule has 54 heavy (non-hydrogen) atoms. The molecule has 0 heterocycles. The molecule has 0 aliphatic carbocycles. The van der Waals surface area contributed by atoms with Crippen molar-refractivity contribution in [1.29, 1.82) is 0 Å². The number of fused-ring (bicyclic) bond motifs is 2. The molecule has 0 aromatic heterocycles. The van der Waals surface area contributed by atoms with Crippen LogP contribution in [-0.2, 0) is 42.4 Å². The molecular formula is C34H24N4O12S4. The lowest BCUT2D eigenvalue weighted by atomic mass is 10.1. The fraction of sp³-hybridized carbons (Fsp3) is 0. The number of phenols is 2. The molecule has 0 saturated carbocycles. The Bertz CT molecular complexity index is 2680. The van der Waals surface area contributed by atoms with Crippen LogP contribution in [0, 0.1) is 0 Å². The van der Waals surface area contributed by atoms with E-state index in [9.17, 15) is 53.7 Å². The predicted molar refractivity (Wildman–Crippen MR) is 199 cm³/mol. The van der Waals surface area contributed by atoms with Gasteiger partial charge >= 0.3 is 0 Å². The van der Waals surface area contributed by atoms with Crippen molar-refractivity contribution in [1.82, 2.24) is 0 Å². The van der Waals surface area contributed by atoms with Gasteiger partial charge in [0.25, 0.3) is 20.2 Å². The van der Waals surface area contributed by atoms with Crippen molar-refractivity contribution in [3.8, 4) is 11.5 Å². The first-order chi connectivity index (χ1) is 25.5. The molecule has 6 aromatic carbocycles. The molecule has 0 amide bonds. The van der Waals surface area contributed by atoms with Gasteiger partial charge in [0, 0.05) is 21.5 Å². The van der Waals surface area contributed by atoms with Gasteiger partial charge in [-0.1, -0.05) is 72.8 Å². The predicted octanol–water partition coefficient (Wildman–Crippen LogP) is 8.06. The molecule has 0 bridgehead atoms. The zero-order valence-corrected chi connectivity index (χ0v) is 30.2. The van der Waals surface area contributed by atoms with Crippen molar-refractivity contribution in [3.63, 3.8) is 0 Å². The highest BCUT2D eigenvalue weighted by Crippen LogP contribution is 2.41. The minimum atomic E-state index is -4.72. The molecular weight excluding hydrogens is 785 g/mol. The number of aromatic hydroxyl groups is 2. The van der Waals surface area contributed by atoms with Crippen LogP contribution in [0.25, 0.3) is 33.7 Å². The number of azo groups is 2. The second-order valence-electron chi connectivity index (χ2n) is 11.2. The lowest BCUT2D eigenvalue weighted by molar-refractivity contribution is 0.477. The van der Waals surface area contributed by atoms with E-state index in [1.54, 1.807) is 12.1 Å². The van der Waals surface area contributed by atoms with E-state index < -0.39 is 63.7 Å². The molecule has 16 nitrogen and oxygen atoms in total. The minimum Gasteiger partial charge on any atom is -0.505 e. The lowest BCUT2D eigenvalue weighted by Gasteiger charge is -2.08. The smallest absolute Gasteiger partial charge is 0.295 e. The van der Waals surface area contributed by atoms with E-state index in [0.29, 0.717) is 0 Å². The van der Waals surface area contributed by atoms with Crippen LogP contribution in [0.4, 0.5) is 22.7 Å². The van der Waals surface area contributed by atoms with Gasteiger partial charge in [-0.25, -0.2) is 8.42 Å². The van der Waals surface area contributed by atoms with Crippen molar-refractivity contribution in [2.45, 2.75) is 19.6 Å². The van der Waals surface area contributed by atoms with Gasteiger partial charge in [0.05, 0.1) is 21.2 Å². The molecule has 0 saturated heterocycles. The average molecular weight is 809 g/mol. The second-order valence-corrected chi connectivity index (χ2v) is 15.9. The van der Waals surface area contributed by atoms with E-state index in [0.717, 1.165) is 12.1 Å². The maximum atomic E-state index is 12.3. The Kier molecular flexibility index (Phi) is 10.6. The van der Waals surface area contributed by atoms with Gasteiger partial charge in [-0.2, -0.15) is 27.1 Å². The molecule has 0 radical (unpaired) electrons. The van der Waals surface area contributed by atoms with Gasteiger partial charge in [-0.3, -0.25) is 9.11 Å². The number of benzene rings is 6. The van der Waals surface area contributed by atoms with E-state index in [-0.39, 0.29) is 65.2 Å². The van der Waals surface area contributed by atoms with E-state index in [4.69, 9.17) is 0 Å². The number of hydrogen-bond donors (Lipinski definition) is 6. The van der Waals surface area contributed by atoms with E-state index >= 15 is 0 Å². The van der Waals surface area contributed by atoms with Gasteiger partial charge in [0.1, 0.15) is 21.2 Å². The van der Waals surface area contributed by atoms with Crippen LogP contribution < -0.4 is 0 Å². The third kappa shape index (κ3) is 8.00. The summed E-state index contributed by atoms with van der Waals surface area (Å²) in [4.78, 5) is -1.33. The van der Waals surface area contributed by atoms with Crippen LogP contribution in [0.2, 0.25) is 0 Å². The summed E-state index contributed by atoms with van der Waals surface area (Å²) in [6.07, 6.45) is 2.77. The van der Waals surface area contributed by atoms with Gasteiger partial charge in [-0.05, 0) is 47.5 Å². The SMILES string of the molecule is O=S(O)c1cc(N=Nc2cc(S(=O)(=O)O)c3ccccc3c2O)ccc1/C=C/c1ccc(N=Nc2cc(S(=O)(=O)O)c3ccccc3c2O)cc1S(=O)O. The van der Waals surface area contributed by atoms with Gasteiger partial charge < -0.3 is 19.3 Å². The van der Waals surface area contributed by atoms with Crippen molar-refractivity contribution in [2.24, 2.45) is 20.5 Å². The highest BCUT2D eigenvalue weighted by atomic mass is 32.2. The Hall–Kier alpha value is -5.58. The highest BCUT2D eigenvalue weighted by molar-refractivity contribution is 7.86. The summed E-state index contributed by atoms with van der Waals surface area (Å²) in [5.41, 5.74) is -0.173. The minimum absolute atomic E-state index is 0.0264. The molecule has 2 atom stereocenters. The monoisotopic (exact) mass is 808 g/mol. The Labute approximate surface area is 311 Å². The summed E-state index contributed by atoms with van der Waals surface area (Å²) in [5.74, 6) is -0.843. The zero-order valence-electron chi connectivity index (χ0n) is 26.9. The van der Waals surface area contributed by atoms with Gasteiger partial charge in [0.2, 0.25) is 0 Å². The van der Waals surface area contributed by atoms with Crippen LogP contribution >= 0.6 is 0 Å². The maximum absolute atomic E-state index is 12.3. The summed E-state index contributed by atoms with van der Waals surface area (Å²) < 4.78 is 112. The Morgan fingerprint density at radius 3 is 1.19 bits per heavy atom. The van der Waals surface area contributed by atoms with Crippen molar-refractivity contribution < 1.29 is 53.7 Å². The van der Waals surface area contributed by atoms with Gasteiger partial charge in [-0.15, -0.1) is 10.2 Å². The molecule has 20 heteroatoms. The summed E-state index contributed by atoms with van der Waals surface area (Å²) in [5, 5.41) is 37.4. The van der Waals surface area contributed by atoms with Crippen LogP contribution in [-0.4, -0.2) is 53.7 Å². The van der Waals surface area contributed by atoms with E-state index in [1.807, 2.05) is 0 Å². The molecule has 276 valence electrons. The van der Waals surface area contributed by atoms with E-state index in [2.05, 4.69) is 20.5 Å². The van der Waals surface area contributed by atoms with Crippen molar-refractivity contribution in [3.05, 3.63) is 108 Å². The molecule has 6 N–H and O–H groups in total. The Morgan fingerprint density at radius 2 is 0.852 bits per heavy atom. The van der Waals surface area contributed by atoms with E-state index in [1.165, 1.54) is 84.9 Å². The number of nitrogens with zero attached hydrogens (tertiary/aromatic N) is 4. The molecule has 2 unspecified atom stereocenters. The standard InChI is InChI=1S/C34H24N4O12S4/c39-33-25-7-3-1-5-23(25)31(53(45,46)47)17-27(33)37-35-21-13-11-19(29(15-21)51(41)42)9-10-20-12-14-22(16-30(20)52(43)44)36-38-28-18-32(54(48,49)50)24-6-2-4-8-26(24)34(28)40/h1-18,39-40H,(H,41,42)(H,43,44)(H,45,46,47)(H,48,49,50)/b10-9+,37-35?,38-36?. The Morgan fingerprint density at radius 1 is 0.500 bits per heavy atom. The van der Waals surface area contributed by atoms with Crippen LogP contribution in [0.1, 0.15) is 11.1 Å². The van der Waals surface area contributed by atoms with Crippen molar-refractivity contribution in [2.75, 3.05) is 0 Å². The molecule has 6 rings (SSSR count). The average Bonchev–Trinajstić information content (AvgIpc) is 3.12. The molecule has 0 aliphatic heterocycles. The number of phenolic OH excluding ortho intramolecular Hbond substituents is 2. The quantitative estimate of drug-likeness (QED) is 0.0332. The summed E-state index contributed by atoms with van der Waals surface area (Å²) >= 11 is -5.16.